The molecule has 0 spiro atoms. The molecule has 1 amide bonds. The maximum atomic E-state index is 12.5. The lowest BCUT2D eigenvalue weighted by molar-refractivity contribution is -0.384. The molecule has 1 aromatic rings. The number of hydrogen-bond acceptors (Lipinski definition) is 5. The summed E-state index contributed by atoms with van der Waals surface area (Å²) in [5.41, 5.74) is 1.13. The zero-order valence-electron chi connectivity index (χ0n) is 12.0. The Bertz CT molecular complexity index is 539. The number of nitro groups is 1. The van der Waals surface area contributed by atoms with Gasteiger partial charge in [-0.05, 0) is 18.6 Å². The molecule has 0 aliphatic carbocycles. The number of aryl methyl sites for hydroxylation is 1. The fourth-order valence-electron chi connectivity index (χ4n) is 2.49. The van der Waals surface area contributed by atoms with Gasteiger partial charge in [-0.1, -0.05) is 0 Å². The molecule has 7 nitrogen and oxygen atoms in total. The molecule has 7 heteroatoms. The lowest BCUT2D eigenvalue weighted by atomic mass is 10.1. The zero-order chi connectivity index (χ0) is 15.4. The number of rotatable bonds is 4. The van der Waals surface area contributed by atoms with E-state index in [0.717, 1.165) is 13.1 Å². The Hall–Kier alpha value is -1.99. The summed E-state index contributed by atoms with van der Waals surface area (Å²) in [6.45, 7) is 5.14. The maximum absolute atomic E-state index is 12.5. The molecular weight excluding hydrogens is 274 g/mol. The predicted octanol–water partition coefficient (Wildman–Crippen LogP) is 0.653. The number of aliphatic hydroxyl groups is 1. The van der Waals surface area contributed by atoms with Crippen molar-refractivity contribution in [3.63, 3.8) is 0 Å². The van der Waals surface area contributed by atoms with Gasteiger partial charge in [0.15, 0.2) is 0 Å². The van der Waals surface area contributed by atoms with Crippen molar-refractivity contribution in [2.24, 2.45) is 0 Å². The van der Waals surface area contributed by atoms with Gasteiger partial charge in [-0.25, -0.2) is 0 Å². The number of aliphatic hydroxyl groups excluding tert-OH is 1. The third-order valence-corrected chi connectivity index (χ3v) is 3.73. The first-order valence-electron chi connectivity index (χ1n) is 6.90. The van der Waals surface area contributed by atoms with Crippen LogP contribution < -0.4 is 0 Å². The van der Waals surface area contributed by atoms with Crippen molar-refractivity contribution < 1.29 is 14.8 Å². The minimum Gasteiger partial charge on any atom is -0.395 e. The fraction of sp³-hybridized carbons (Fsp3) is 0.500. The van der Waals surface area contributed by atoms with Crippen LogP contribution in [0.2, 0.25) is 0 Å². The first-order chi connectivity index (χ1) is 10.0. The third kappa shape index (κ3) is 3.56. The maximum Gasteiger partial charge on any atom is 0.269 e. The average molecular weight is 293 g/mol. The molecule has 0 radical (unpaired) electrons. The van der Waals surface area contributed by atoms with Gasteiger partial charge in [0.05, 0.1) is 11.5 Å². The standard InChI is InChI=1S/C14H19N3O4/c1-11-10-12(17(20)21)2-3-13(11)14(19)16-6-4-15(5-7-16)8-9-18/h2-3,10,18H,4-9H2,1H3. The summed E-state index contributed by atoms with van der Waals surface area (Å²) in [5.74, 6) is -0.0916. The second kappa shape index (κ2) is 6.64. The van der Waals surface area contributed by atoms with Crippen molar-refractivity contribution >= 4 is 11.6 Å². The molecular formula is C14H19N3O4. The monoisotopic (exact) mass is 293 g/mol. The van der Waals surface area contributed by atoms with E-state index in [4.69, 9.17) is 5.11 Å². The van der Waals surface area contributed by atoms with Crippen LogP contribution in [0.3, 0.4) is 0 Å². The van der Waals surface area contributed by atoms with E-state index in [1.54, 1.807) is 11.8 Å². The summed E-state index contributed by atoms with van der Waals surface area (Å²) in [5, 5.41) is 19.6. The van der Waals surface area contributed by atoms with Crippen molar-refractivity contribution in [2.45, 2.75) is 6.92 Å². The largest absolute Gasteiger partial charge is 0.395 e. The Morgan fingerprint density at radius 2 is 2.00 bits per heavy atom. The Kier molecular flexibility index (Phi) is 4.87. The van der Waals surface area contributed by atoms with Gasteiger partial charge in [0.1, 0.15) is 0 Å². The number of hydrogen-bond donors (Lipinski definition) is 1. The molecule has 1 aliphatic rings. The number of nitrogens with zero attached hydrogens (tertiary/aromatic N) is 3. The highest BCUT2D eigenvalue weighted by Crippen LogP contribution is 2.19. The highest BCUT2D eigenvalue weighted by molar-refractivity contribution is 5.96. The molecule has 114 valence electrons. The van der Waals surface area contributed by atoms with Crippen molar-refractivity contribution in [3.8, 4) is 0 Å². The Labute approximate surface area is 122 Å². The van der Waals surface area contributed by atoms with Gasteiger partial charge in [-0.2, -0.15) is 0 Å². The van der Waals surface area contributed by atoms with Crippen molar-refractivity contribution in [1.29, 1.82) is 0 Å². The number of β-amino-alcohol motifs (C(OH)–C–C–N with tert-alkyl or cyclic N) is 1. The molecule has 21 heavy (non-hydrogen) atoms. The van der Waals surface area contributed by atoms with Gasteiger partial charge in [0, 0.05) is 50.4 Å². The third-order valence-electron chi connectivity index (χ3n) is 3.73. The second-order valence-electron chi connectivity index (χ2n) is 5.11. The number of carbonyl (C=O) groups excluding carboxylic acids is 1. The van der Waals surface area contributed by atoms with Crippen LogP contribution in [0.1, 0.15) is 15.9 Å². The van der Waals surface area contributed by atoms with Gasteiger partial charge in [0.25, 0.3) is 11.6 Å². The predicted molar refractivity (Wildman–Crippen MR) is 77.3 cm³/mol. The van der Waals surface area contributed by atoms with Gasteiger partial charge in [0.2, 0.25) is 0 Å². The second-order valence-corrected chi connectivity index (χ2v) is 5.11. The van der Waals surface area contributed by atoms with E-state index in [2.05, 4.69) is 4.90 Å². The molecule has 0 aromatic heterocycles. The molecule has 1 aliphatic heterocycles. The van der Waals surface area contributed by atoms with Crippen LogP contribution in [-0.2, 0) is 0 Å². The van der Waals surface area contributed by atoms with Gasteiger partial charge < -0.3 is 10.0 Å². The van der Waals surface area contributed by atoms with Crippen LogP contribution >= 0.6 is 0 Å². The summed E-state index contributed by atoms with van der Waals surface area (Å²) in [7, 11) is 0. The quantitative estimate of drug-likeness (QED) is 0.650. The van der Waals surface area contributed by atoms with Crippen LogP contribution in [0.5, 0.6) is 0 Å². The van der Waals surface area contributed by atoms with E-state index in [0.29, 0.717) is 30.8 Å². The molecule has 1 heterocycles. The van der Waals surface area contributed by atoms with E-state index < -0.39 is 4.92 Å². The number of benzene rings is 1. The van der Waals surface area contributed by atoms with E-state index in [-0.39, 0.29) is 18.2 Å². The minimum absolute atomic E-state index is 0.00295. The van der Waals surface area contributed by atoms with Crippen LogP contribution in [0.4, 0.5) is 5.69 Å². The molecule has 0 atom stereocenters. The fourth-order valence-corrected chi connectivity index (χ4v) is 2.49. The molecule has 0 unspecified atom stereocenters. The molecule has 1 fully saturated rings. The number of non-ortho nitro benzene ring substituents is 1. The van der Waals surface area contributed by atoms with E-state index in [1.807, 2.05) is 0 Å². The number of carbonyl (C=O) groups is 1. The van der Waals surface area contributed by atoms with Crippen molar-refractivity contribution in [2.75, 3.05) is 39.3 Å². The Morgan fingerprint density at radius 1 is 1.33 bits per heavy atom. The normalized spacial score (nSPS) is 16.0. The van der Waals surface area contributed by atoms with E-state index in [9.17, 15) is 14.9 Å². The lowest BCUT2D eigenvalue weighted by Crippen LogP contribution is -2.49. The molecule has 0 saturated carbocycles. The van der Waals surface area contributed by atoms with E-state index in [1.165, 1.54) is 18.2 Å². The van der Waals surface area contributed by atoms with Crippen molar-refractivity contribution in [3.05, 3.63) is 39.4 Å². The summed E-state index contributed by atoms with van der Waals surface area (Å²) in [4.78, 5) is 26.6. The molecule has 1 saturated heterocycles. The SMILES string of the molecule is Cc1cc([N+](=O)[O-])ccc1C(=O)N1CCN(CCO)CC1. The molecule has 2 rings (SSSR count). The molecule has 1 N–H and O–H groups in total. The van der Waals surface area contributed by atoms with Crippen molar-refractivity contribution in [1.82, 2.24) is 9.80 Å². The van der Waals surface area contributed by atoms with E-state index >= 15 is 0 Å². The number of amides is 1. The van der Waals surface area contributed by atoms with Crippen LogP contribution in [-0.4, -0.2) is 65.1 Å². The van der Waals surface area contributed by atoms with Crippen LogP contribution in [0.15, 0.2) is 18.2 Å². The Balaban J connectivity index is 2.06. The summed E-state index contributed by atoms with van der Waals surface area (Å²) >= 11 is 0. The Morgan fingerprint density at radius 3 is 2.52 bits per heavy atom. The van der Waals surface area contributed by atoms with Gasteiger partial charge in [-0.3, -0.25) is 19.8 Å². The zero-order valence-corrected chi connectivity index (χ0v) is 12.0. The summed E-state index contributed by atoms with van der Waals surface area (Å²) in [6.07, 6.45) is 0. The smallest absolute Gasteiger partial charge is 0.269 e. The summed E-state index contributed by atoms with van der Waals surface area (Å²) < 4.78 is 0. The van der Waals surface area contributed by atoms with Gasteiger partial charge in [-0.15, -0.1) is 0 Å². The lowest BCUT2D eigenvalue weighted by Gasteiger charge is -2.34. The highest BCUT2D eigenvalue weighted by atomic mass is 16.6. The van der Waals surface area contributed by atoms with Crippen LogP contribution in [0.25, 0.3) is 0 Å². The molecule has 1 aromatic carbocycles. The summed E-state index contributed by atoms with van der Waals surface area (Å²) in [6, 6.07) is 4.31. The first kappa shape index (κ1) is 15.4. The number of piperazine rings is 1. The highest BCUT2D eigenvalue weighted by Gasteiger charge is 2.23. The van der Waals surface area contributed by atoms with Gasteiger partial charge >= 0.3 is 0 Å². The average Bonchev–Trinajstić information content (AvgIpc) is 2.47. The first-order valence-corrected chi connectivity index (χ1v) is 6.90. The van der Waals surface area contributed by atoms with Crippen LogP contribution in [0, 0.1) is 17.0 Å². The minimum atomic E-state index is -0.463. The molecule has 0 bridgehead atoms. The number of nitro benzene ring substituents is 1. The topological polar surface area (TPSA) is 86.9 Å².